The minimum atomic E-state index is -0.245. The summed E-state index contributed by atoms with van der Waals surface area (Å²) in [5, 5.41) is 2.92. The van der Waals surface area contributed by atoms with Crippen molar-refractivity contribution in [1.29, 1.82) is 0 Å². The summed E-state index contributed by atoms with van der Waals surface area (Å²) in [6.45, 7) is 2.24. The van der Waals surface area contributed by atoms with Crippen molar-refractivity contribution in [2.45, 2.75) is 25.5 Å². The number of nitrogens with two attached hydrogens (primary N) is 1. The summed E-state index contributed by atoms with van der Waals surface area (Å²) in [5.41, 5.74) is 6.44. The van der Waals surface area contributed by atoms with Crippen LogP contribution in [0.1, 0.15) is 24.9 Å². The molecule has 0 radical (unpaired) electrons. The fourth-order valence-corrected chi connectivity index (χ4v) is 1.87. The molecule has 0 aromatic heterocycles. The van der Waals surface area contributed by atoms with Crippen molar-refractivity contribution in [1.82, 2.24) is 5.32 Å². The lowest BCUT2D eigenvalue weighted by molar-refractivity contribution is -0.124. The Morgan fingerprint density at radius 3 is 2.63 bits per heavy atom. The molecular formula is C14H22N2O3. The van der Waals surface area contributed by atoms with E-state index in [9.17, 15) is 4.79 Å². The largest absolute Gasteiger partial charge is 0.496 e. The van der Waals surface area contributed by atoms with Crippen LogP contribution in [0.15, 0.2) is 24.3 Å². The fourth-order valence-electron chi connectivity index (χ4n) is 1.87. The molecule has 0 saturated carbocycles. The molecule has 2 unspecified atom stereocenters. The zero-order valence-corrected chi connectivity index (χ0v) is 11.7. The van der Waals surface area contributed by atoms with Crippen molar-refractivity contribution in [3.8, 4) is 5.75 Å². The van der Waals surface area contributed by atoms with Crippen molar-refractivity contribution in [3.05, 3.63) is 29.8 Å². The average molecular weight is 266 g/mol. The number of methoxy groups -OCH3 is 2. The molecule has 1 aromatic carbocycles. The van der Waals surface area contributed by atoms with Gasteiger partial charge in [0.15, 0.2) is 0 Å². The van der Waals surface area contributed by atoms with Gasteiger partial charge in [0.2, 0.25) is 5.91 Å². The van der Waals surface area contributed by atoms with Crippen LogP contribution >= 0.6 is 0 Å². The third-order valence-corrected chi connectivity index (χ3v) is 2.99. The molecule has 19 heavy (non-hydrogen) atoms. The summed E-state index contributed by atoms with van der Waals surface area (Å²) < 4.78 is 10.4. The number of hydrogen-bond donors (Lipinski definition) is 2. The molecule has 0 heterocycles. The minimum absolute atomic E-state index is 0.0873. The van der Waals surface area contributed by atoms with E-state index in [1.54, 1.807) is 14.2 Å². The Balaban J connectivity index is 2.63. The maximum absolute atomic E-state index is 11.9. The van der Waals surface area contributed by atoms with Gasteiger partial charge in [0.1, 0.15) is 5.75 Å². The third-order valence-electron chi connectivity index (χ3n) is 2.99. The lowest BCUT2D eigenvalue weighted by atomic mass is 10.1. The Morgan fingerprint density at radius 2 is 2.05 bits per heavy atom. The van der Waals surface area contributed by atoms with Gasteiger partial charge in [-0.2, -0.15) is 0 Å². The van der Waals surface area contributed by atoms with E-state index in [-0.39, 0.29) is 24.5 Å². The maximum atomic E-state index is 11.9. The van der Waals surface area contributed by atoms with Gasteiger partial charge in [-0.25, -0.2) is 0 Å². The van der Waals surface area contributed by atoms with Gasteiger partial charge in [-0.3, -0.25) is 4.79 Å². The highest BCUT2D eigenvalue weighted by molar-refractivity contribution is 5.77. The molecule has 1 rings (SSSR count). The highest BCUT2D eigenvalue weighted by Crippen LogP contribution is 2.24. The molecule has 106 valence electrons. The minimum Gasteiger partial charge on any atom is -0.496 e. The number of rotatable bonds is 7. The van der Waals surface area contributed by atoms with Crippen LogP contribution in [0, 0.1) is 0 Å². The quantitative estimate of drug-likeness (QED) is 0.778. The van der Waals surface area contributed by atoms with Crippen LogP contribution in [0.2, 0.25) is 0 Å². The first-order valence-electron chi connectivity index (χ1n) is 6.27. The first-order chi connectivity index (χ1) is 9.12. The van der Waals surface area contributed by atoms with Gasteiger partial charge in [0.05, 0.1) is 25.7 Å². The van der Waals surface area contributed by atoms with Crippen LogP contribution in [0.25, 0.3) is 0 Å². The highest BCUT2D eigenvalue weighted by Gasteiger charge is 2.16. The number of hydrogen-bond acceptors (Lipinski definition) is 4. The van der Waals surface area contributed by atoms with E-state index in [0.29, 0.717) is 6.54 Å². The Hall–Kier alpha value is -1.59. The number of amides is 1. The van der Waals surface area contributed by atoms with Crippen LogP contribution in [0.3, 0.4) is 0 Å². The van der Waals surface area contributed by atoms with Crippen molar-refractivity contribution in [2.75, 3.05) is 20.8 Å². The summed E-state index contributed by atoms with van der Waals surface area (Å²) in [4.78, 5) is 11.9. The molecule has 0 aliphatic heterocycles. The normalized spacial score (nSPS) is 13.7. The molecule has 3 N–H and O–H groups in total. The van der Waals surface area contributed by atoms with Gasteiger partial charge in [-0.05, 0) is 13.0 Å². The monoisotopic (exact) mass is 266 g/mol. The second-order valence-corrected chi connectivity index (χ2v) is 4.33. The molecule has 0 bridgehead atoms. The van der Waals surface area contributed by atoms with Crippen LogP contribution in [0.4, 0.5) is 0 Å². The van der Waals surface area contributed by atoms with Gasteiger partial charge < -0.3 is 20.5 Å². The first-order valence-corrected chi connectivity index (χ1v) is 6.27. The van der Waals surface area contributed by atoms with Crippen molar-refractivity contribution in [3.63, 3.8) is 0 Å². The van der Waals surface area contributed by atoms with Gasteiger partial charge in [-0.1, -0.05) is 18.2 Å². The van der Waals surface area contributed by atoms with Crippen LogP contribution in [0.5, 0.6) is 5.75 Å². The molecule has 0 saturated heterocycles. The molecule has 0 aliphatic rings. The summed E-state index contributed by atoms with van der Waals surface area (Å²) in [5.74, 6) is 0.674. The van der Waals surface area contributed by atoms with E-state index in [1.807, 2.05) is 31.2 Å². The van der Waals surface area contributed by atoms with Crippen LogP contribution < -0.4 is 15.8 Å². The summed E-state index contributed by atoms with van der Waals surface area (Å²) in [6, 6.07) is 7.49. The van der Waals surface area contributed by atoms with E-state index in [4.69, 9.17) is 15.2 Å². The molecule has 0 spiro atoms. The molecule has 2 atom stereocenters. The number of carbonyl (C=O) groups excluding carboxylic acids is 1. The Morgan fingerprint density at radius 1 is 1.37 bits per heavy atom. The second kappa shape index (κ2) is 7.76. The molecular weight excluding hydrogens is 244 g/mol. The van der Waals surface area contributed by atoms with Crippen LogP contribution in [-0.4, -0.2) is 32.8 Å². The molecule has 5 nitrogen and oxygen atoms in total. The van der Waals surface area contributed by atoms with E-state index < -0.39 is 0 Å². The lowest BCUT2D eigenvalue weighted by Crippen LogP contribution is -2.33. The van der Waals surface area contributed by atoms with Gasteiger partial charge in [-0.15, -0.1) is 0 Å². The molecule has 0 fully saturated rings. The average Bonchev–Trinajstić information content (AvgIpc) is 2.44. The molecule has 1 aromatic rings. The summed E-state index contributed by atoms with van der Waals surface area (Å²) in [6.07, 6.45) is 0.0109. The van der Waals surface area contributed by atoms with Crippen molar-refractivity contribution >= 4 is 5.91 Å². The smallest absolute Gasteiger partial charge is 0.223 e. The zero-order chi connectivity index (χ0) is 14.3. The highest BCUT2D eigenvalue weighted by atomic mass is 16.5. The van der Waals surface area contributed by atoms with Gasteiger partial charge in [0.25, 0.3) is 0 Å². The summed E-state index contributed by atoms with van der Waals surface area (Å²) in [7, 11) is 3.16. The Labute approximate surface area is 114 Å². The Bertz CT molecular complexity index is 405. The Kier molecular flexibility index (Phi) is 6.32. The molecule has 1 amide bonds. The zero-order valence-electron chi connectivity index (χ0n) is 11.7. The number of ether oxygens (including phenoxy) is 2. The number of nitrogens with one attached hydrogen (secondary N) is 1. The predicted octanol–water partition coefficient (Wildman–Crippen LogP) is 1.24. The van der Waals surface area contributed by atoms with E-state index in [2.05, 4.69) is 5.32 Å². The number of benzene rings is 1. The fraction of sp³-hybridized carbons (Fsp3) is 0.500. The SMILES string of the molecule is COc1ccccc1C(C)NC(=O)CC(CN)OC. The summed E-state index contributed by atoms with van der Waals surface area (Å²) >= 11 is 0. The maximum Gasteiger partial charge on any atom is 0.223 e. The van der Waals surface area contributed by atoms with E-state index >= 15 is 0 Å². The first kappa shape index (κ1) is 15.5. The topological polar surface area (TPSA) is 73.6 Å². The third kappa shape index (κ3) is 4.54. The molecule has 5 heteroatoms. The van der Waals surface area contributed by atoms with Gasteiger partial charge >= 0.3 is 0 Å². The van der Waals surface area contributed by atoms with E-state index in [1.165, 1.54) is 0 Å². The lowest BCUT2D eigenvalue weighted by Gasteiger charge is -2.19. The number of carbonyl (C=O) groups is 1. The standard InChI is InChI=1S/C14H22N2O3/c1-10(12-6-4-5-7-13(12)19-3)16-14(17)8-11(9-15)18-2/h4-7,10-11H,8-9,15H2,1-3H3,(H,16,17). The van der Waals surface area contributed by atoms with Gasteiger partial charge in [0, 0.05) is 19.2 Å². The van der Waals surface area contributed by atoms with E-state index in [0.717, 1.165) is 11.3 Å². The second-order valence-electron chi connectivity index (χ2n) is 4.33. The predicted molar refractivity (Wildman–Crippen MR) is 74.0 cm³/mol. The van der Waals surface area contributed by atoms with Crippen LogP contribution in [-0.2, 0) is 9.53 Å². The van der Waals surface area contributed by atoms with Crippen molar-refractivity contribution in [2.24, 2.45) is 5.73 Å². The van der Waals surface area contributed by atoms with Crippen molar-refractivity contribution < 1.29 is 14.3 Å². The number of para-hydroxylation sites is 1. The molecule has 0 aliphatic carbocycles.